The number of alkyl halides is 1. The van der Waals surface area contributed by atoms with Crippen LogP contribution in [0.3, 0.4) is 0 Å². The SMILES string of the molecule is CC(C)N=C(C=CN)B1OC(C)(C)C(C)(C)O1.CC(C)n1nccc1-c1ncccc1CCl.CC(C)n1nccc1-c1ncccc1CO.OCc1cccnc1Cl. The van der Waals surface area contributed by atoms with E-state index in [1.54, 1.807) is 49.2 Å². The summed E-state index contributed by atoms with van der Waals surface area (Å²) in [6, 6.07) is 15.7. The van der Waals surface area contributed by atoms with Crippen LogP contribution < -0.4 is 5.73 Å². The van der Waals surface area contributed by atoms with Gasteiger partial charge in [0.05, 0.1) is 52.8 Å². The molecule has 1 fully saturated rings. The monoisotopic (exact) mass is 833 g/mol. The second kappa shape index (κ2) is 22.6. The van der Waals surface area contributed by atoms with Gasteiger partial charge in [0.1, 0.15) is 5.15 Å². The first-order valence-corrected chi connectivity index (χ1v) is 20.1. The number of aliphatic hydroxyl groups is 2. The van der Waals surface area contributed by atoms with Crippen molar-refractivity contribution in [2.75, 3.05) is 0 Å². The van der Waals surface area contributed by atoms with Crippen LogP contribution in [0, 0.1) is 0 Å². The number of nitrogens with zero attached hydrogens (tertiary/aromatic N) is 8. The van der Waals surface area contributed by atoms with E-state index in [1.165, 1.54) is 6.20 Å². The van der Waals surface area contributed by atoms with Crippen LogP contribution in [0.15, 0.2) is 96.8 Å². The summed E-state index contributed by atoms with van der Waals surface area (Å²) >= 11 is 11.5. The molecule has 6 heterocycles. The van der Waals surface area contributed by atoms with Crippen molar-refractivity contribution in [3.63, 3.8) is 0 Å². The molecule has 4 N–H and O–H groups in total. The number of aromatic nitrogens is 7. The van der Waals surface area contributed by atoms with E-state index in [0.717, 1.165) is 39.5 Å². The number of hydrogen-bond donors (Lipinski definition) is 3. The molecule has 58 heavy (non-hydrogen) atoms. The van der Waals surface area contributed by atoms with Crippen LogP contribution in [0.1, 0.15) is 98.0 Å². The molecule has 0 atom stereocenters. The van der Waals surface area contributed by atoms with Crippen molar-refractivity contribution in [3.8, 4) is 22.8 Å². The molecule has 0 unspecified atom stereocenters. The van der Waals surface area contributed by atoms with E-state index in [0.29, 0.717) is 22.6 Å². The van der Waals surface area contributed by atoms with E-state index in [9.17, 15) is 5.11 Å². The standard InChI is InChI=1S/C12H23BN2O2.C12H14ClN3.C12H15N3O.C6H6ClNO/c1-9(2)15-10(7-8-14)13-16-11(3,4)12(5,6)17-13;1-9(2)16-11(5-7-15-16)12-10(8-13)4-3-6-14-12;1-9(2)15-11(5-7-14-15)12-10(8-16)4-3-6-13-12;7-6-5(4-9)2-1-3-8-6/h7-9H,14H2,1-6H3;3-7,9H,8H2,1-2H3;3-7,9,16H,8H2,1-2H3;1-3,9H,4H2. The Kier molecular flexibility index (Phi) is 18.7. The molecule has 0 spiro atoms. The number of nitrogens with two attached hydrogens (primary N) is 1. The van der Waals surface area contributed by atoms with Crippen LogP contribution >= 0.6 is 23.2 Å². The average molecular weight is 835 g/mol. The number of allylic oxidation sites excluding steroid dienone is 1. The molecule has 0 amide bonds. The van der Waals surface area contributed by atoms with Crippen LogP contribution in [-0.4, -0.2) is 74.7 Å². The van der Waals surface area contributed by atoms with Crippen molar-refractivity contribution >= 4 is 35.9 Å². The van der Waals surface area contributed by atoms with Gasteiger partial charge < -0.3 is 25.3 Å². The molecule has 6 rings (SSSR count). The highest BCUT2D eigenvalue weighted by Crippen LogP contribution is 2.37. The summed E-state index contributed by atoms with van der Waals surface area (Å²) in [5.74, 6) is 0.465. The normalized spacial score (nSPS) is 14.6. The first-order valence-electron chi connectivity index (χ1n) is 19.2. The molecule has 16 heteroatoms. The molecule has 1 aliphatic rings. The van der Waals surface area contributed by atoms with Gasteiger partial charge in [-0.05, 0) is 117 Å². The smallest absolute Gasteiger partial charge is 0.405 e. The molecule has 312 valence electrons. The van der Waals surface area contributed by atoms with Gasteiger partial charge in [0.2, 0.25) is 0 Å². The zero-order valence-electron chi connectivity index (χ0n) is 35.2. The van der Waals surface area contributed by atoms with E-state index in [4.69, 9.17) is 43.4 Å². The number of pyridine rings is 3. The van der Waals surface area contributed by atoms with E-state index < -0.39 is 7.12 Å². The van der Waals surface area contributed by atoms with E-state index in [1.807, 2.05) is 87.3 Å². The Balaban J connectivity index is 0.000000211. The van der Waals surface area contributed by atoms with Gasteiger partial charge in [-0.15, -0.1) is 11.6 Å². The number of aliphatic imine (C=N–C) groups is 1. The minimum atomic E-state index is -0.442. The number of hydrogen-bond acceptors (Lipinski definition) is 11. The van der Waals surface area contributed by atoms with E-state index >= 15 is 0 Å². The van der Waals surface area contributed by atoms with Crippen molar-refractivity contribution in [1.29, 1.82) is 0 Å². The van der Waals surface area contributed by atoms with Gasteiger partial charge in [0.15, 0.2) is 0 Å². The van der Waals surface area contributed by atoms with Gasteiger partial charge >= 0.3 is 7.12 Å². The fourth-order valence-electron chi connectivity index (χ4n) is 5.48. The summed E-state index contributed by atoms with van der Waals surface area (Å²) in [4.78, 5) is 16.9. The molecule has 5 aromatic rings. The van der Waals surface area contributed by atoms with Gasteiger partial charge in [0.25, 0.3) is 0 Å². The fraction of sp³-hybridized carbons (Fsp3) is 0.429. The summed E-state index contributed by atoms with van der Waals surface area (Å²) < 4.78 is 15.7. The zero-order chi connectivity index (χ0) is 43.0. The maximum absolute atomic E-state index is 9.28. The predicted octanol–water partition coefficient (Wildman–Crippen LogP) is 8.45. The van der Waals surface area contributed by atoms with Gasteiger partial charge in [-0.25, -0.2) is 4.98 Å². The maximum Gasteiger partial charge on any atom is 0.514 e. The van der Waals surface area contributed by atoms with E-state index in [2.05, 4.69) is 57.8 Å². The lowest BCUT2D eigenvalue weighted by molar-refractivity contribution is 0.00578. The van der Waals surface area contributed by atoms with Gasteiger partial charge in [0, 0.05) is 66.1 Å². The van der Waals surface area contributed by atoms with Crippen molar-refractivity contribution in [2.45, 2.75) is 118 Å². The Bertz CT molecular complexity index is 1960. The van der Waals surface area contributed by atoms with Crippen LogP contribution in [0.25, 0.3) is 22.8 Å². The molecule has 1 aliphatic heterocycles. The number of halogens is 2. The fourth-order valence-corrected chi connectivity index (χ4v) is 5.88. The quantitative estimate of drug-likeness (QED) is 0.0537. The van der Waals surface area contributed by atoms with Crippen LogP contribution in [0.5, 0.6) is 0 Å². The summed E-state index contributed by atoms with van der Waals surface area (Å²) in [6.07, 6.45) is 11.8. The maximum atomic E-state index is 9.28. The molecule has 0 aliphatic carbocycles. The minimum absolute atomic E-state index is 0.00749. The Morgan fingerprint density at radius 3 is 1.59 bits per heavy atom. The lowest BCUT2D eigenvalue weighted by Crippen LogP contribution is -2.41. The number of rotatable bonds is 10. The molecule has 1 saturated heterocycles. The molecule has 0 bridgehead atoms. The zero-order valence-corrected chi connectivity index (χ0v) is 36.7. The Morgan fingerprint density at radius 1 is 0.741 bits per heavy atom. The summed E-state index contributed by atoms with van der Waals surface area (Å²) in [6.45, 7) is 20.4. The summed E-state index contributed by atoms with van der Waals surface area (Å²) in [7, 11) is -0.442. The molecular weight excluding hydrogens is 776 g/mol. The molecule has 0 aromatic carbocycles. The lowest BCUT2D eigenvalue weighted by atomic mass is 9.81. The summed E-state index contributed by atoms with van der Waals surface area (Å²) in [5.41, 5.74) is 11.7. The van der Waals surface area contributed by atoms with Crippen LogP contribution in [-0.2, 0) is 28.4 Å². The Labute approximate surface area is 353 Å². The molecule has 13 nitrogen and oxygen atoms in total. The highest BCUT2D eigenvalue weighted by atomic mass is 35.5. The largest absolute Gasteiger partial charge is 0.514 e. The topological polar surface area (TPSA) is 172 Å². The van der Waals surface area contributed by atoms with Crippen molar-refractivity contribution in [2.24, 2.45) is 10.7 Å². The van der Waals surface area contributed by atoms with Crippen molar-refractivity contribution < 1.29 is 19.5 Å². The second-order valence-electron chi connectivity index (χ2n) is 15.0. The van der Waals surface area contributed by atoms with Gasteiger partial charge in [-0.3, -0.25) is 24.3 Å². The third-order valence-corrected chi connectivity index (χ3v) is 9.70. The second-order valence-corrected chi connectivity index (χ2v) is 15.7. The minimum Gasteiger partial charge on any atom is -0.405 e. The third kappa shape index (κ3) is 13.0. The first-order chi connectivity index (χ1) is 27.5. The third-order valence-electron chi connectivity index (χ3n) is 9.08. The van der Waals surface area contributed by atoms with Crippen molar-refractivity contribution in [3.05, 3.63) is 114 Å². The van der Waals surface area contributed by atoms with Crippen molar-refractivity contribution in [1.82, 2.24) is 34.5 Å². The van der Waals surface area contributed by atoms with Crippen LogP contribution in [0.4, 0.5) is 0 Å². The molecule has 0 saturated carbocycles. The van der Waals surface area contributed by atoms with Gasteiger partial charge in [-0.1, -0.05) is 29.8 Å². The molecule has 0 radical (unpaired) electrons. The Hall–Kier alpha value is -4.44. The van der Waals surface area contributed by atoms with E-state index in [-0.39, 0.29) is 36.5 Å². The first kappa shape index (κ1) is 47.9. The Morgan fingerprint density at radius 2 is 1.19 bits per heavy atom. The average Bonchev–Trinajstić information content (AvgIpc) is 3.94. The predicted molar refractivity (Wildman–Crippen MR) is 234 cm³/mol. The summed E-state index contributed by atoms with van der Waals surface area (Å²) in [5, 5.41) is 26.8. The number of aliphatic hydroxyl groups excluding tert-OH is 2. The highest BCUT2D eigenvalue weighted by molar-refractivity contribution is 6.84. The van der Waals surface area contributed by atoms with Gasteiger partial charge in [-0.2, -0.15) is 10.2 Å². The lowest BCUT2D eigenvalue weighted by Gasteiger charge is -2.32. The van der Waals surface area contributed by atoms with Crippen LogP contribution in [0.2, 0.25) is 5.15 Å². The molecular formula is C42H58BCl2N9O4. The molecule has 5 aromatic heterocycles. The highest BCUT2D eigenvalue weighted by Gasteiger charge is 2.52.